The van der Waals surface area contributed by atoms with Crippen molar-refractivity contribution in [2.75, 3.05) is 13.2 Å². The third kappa shape index (κ3) is 14.6. The first-order valence-electron chi connectivity index (χ1n) is 27.1. The molecule has 0 spiro atoms. The zero-order valence-electron chi connectivity index (χ0n) is 42.0. The zero-order valence-corrected chi connectivity index (χ0v) is 42.0. The molecule has 0 bridgehead atoms. The van der Waals surface area contributed by atoms with Gasteiger partial charge in [-0.3, -0.25) is 9.59 Å². The van der Waals surface area contributed by atoms with Crippen LogP contribution in [-0.4, -0.2) is 31.1 Å². The fourth-order valence-corrected chi connectivity index (χ4v) is 13.2. The highest BCUT2D eigenvalue weighted by Gasteiger charge is 2.59. The summed E-state index contributed by atoms with van der Waals surface area (Å²) in [6.07, 6.45) is 36.3. The molecule has 0 heterocycles. The van der Waals surface area contributed by atoms with Gasteiger partial charge in [-0.2, -0.15) is 0 Å². The molecule has 5 nitrogen and oxygen atoms in total. The highest BCUT2D eigenvalue weighted by Crippen LogP contribution is 2.67. The minimum absolute atomic E-state index is 0.00911. The molecular weight excluding hydrogens is 801 g/mol. The first-order valence-corrected chi connectivity index (χ1v) is 27.1. The molecule has 0 unspecified atom stereocenters. The average molecular weight is 891 g/mol. The summed E-state index contributed by atoms with van der Waals surface area (Å²) in [5.41, 5.74) is 4.03. The SMILES string of the molecule is CCCCCCCCCCOc1ccc(/C=C/C(=O)c2ccc(OCCCCCCCC(=O)O[C@H]3CC[C@@]4(C)C(=CC[C@H]5[C@@H]6CC[C@H]([C@H](C)CCCC(C)C)[C@@]6(C)CC[C@@H]54)C3)cc2)cc1. The lowest BCUT2D eigenvalue weighted by Gasteiger charge is -2.58. The lowest BCUT2D eigenvalue weighted by atomic mass is 9.47. The number of fused-ring (bicyclic) bond motifs is 5. The first-order chi connectivity index (χ1) is 31.5. The van der Waals surface area contributed by atoms with Crippen LogP contribution < -0.4 is 9.47 Å². The summed E-state index contributed by atoms with van der Waals surface area (Å²) in [6, 6.07) is 15.4. The predicted molar refractivity (Wildman–Crippen MR) is 270 cm³/mol. The van der Waals surface area contributed by atoms with Gasteiger partial charge < -0.3 is 14.2 Å². The maximum Gasteiger partial charge on any atom is 0.306 e. The van der Waals surface area contributed by atoms with Gasteiger partial charge in [0.1, 0.15) is 17.6 Å². The van der Waals surface area contributed by atoms with E-state index in [0.29, 0.717) is 24.0 Å². The van der Waals surface area contributed by atoms with E-state index >= 15 is 0 Å². The van der Waals surface area contributed by atoms with Gasteiger partial charge >= 0.3 is 5.97 Å². The molecule has 4 aliphatic carbocycles. The van der Waals surface area contributed by atoms with Crippen molar-refractivity contribution in [3.8, 4) is 11.5 Å². The topological polar surface area (TPSA) is 61.8 Å². The summed E-state index contributed by atoms with van der Waals surface area (Å²) >= 11 is 0. The van der Waals surface area contributed by atoms with E-state index in [4.69, 9.17) is 14.2 Å². The fourth-order valence-electron chi connectivity index (χ4n) is 13.2. The van der Waals surface area contributed by atoms with Crippen molar-refractivity contribution in [2.45, 2.75) is 208 Å². The van der Waals surface area contributed by atoms with E-state index < -0.39 is 0 Å². The van der Waals surface area contributed by atoms with Crippen molar-refractivity contribution < 1.29 is 23.8 Å². The minimum atomic E-state index is -0.0295. The Morgan fingerprint density at radius 1 is 0.692 bits per heavy atom. The average Bonchev–Trinajstić information content (AvgIpc) is 3.66. The van der Waals surface area contributed by atoms with Gasteiger partial charge in [0.15, 0.2) is 5.78 Å². The molecular formula is C60H90O5. The van der Waals surface area contributed by atoms with Gasteiger partial charge in [-0.15, -0.1) is 0 Å². The smallest absolute Gasteiger partial charge is 0.306 e. The Kier molecular flexibility index (Phi) is 20.2. The second-order valence-corrected chi connectivity index (χ2v) is 22.1. The number of benzene rings is 2. The highest BCUT2D eigenvalue weighted by atomic mass is 16.5. The Morgan fingerprint density at radius 3 is 1.98 bits per heavy atom. The van der Waals surface area contributed by atoms with Crippen LogP contribution in [0, 0.1) is 46.3 Å². The van der Waals surface area contributed by atoms with Crippen molar-refractivity contribution >= 4 is 17.8 Å². The molecule has 65 heavy (non-hydrogen) atoms. The first kappa shape index (κ1) is 51.1. The molecule has 0 amide bonds. The number of hydrogen-bond acceptors (Lipinski definition) is 5. The van der Waals surface area contributed by atoms with Crippen LogP contribution in [0.4, 0.5) is 0 Å². The monoisotopic (exact) mass is 891 g/mol. The Hall–Kier alpha value is -3.34. The quantitative estimate of drug-likeness (QED) is 0.0280. The van der Waals surface area contributed by atoms with E-state index in [1.165, 1.54) is 103 Å². The van der Waals surface area contributed by atoms with E-state index in [1.807, 2.05) is 54.6 Å². The second-order valence-electron chi connectivity index (χ2n) is 22.1. The summed E-state index contributed by atoms with van der Waals surface area (Å²) in [6.45, 7) is 16.2. The van der Waals surface area contributed by atoms with Crippen LogP contribution in [0.5, 0.6) is 11.5 Å². The summed E-state index contributed by atoms with van der Waals surface area (Å²) in [4.78, 5) is 25.8. The Balaban J connectivity index is 0.804. The van der Waals surface area contributed by atoms with Crippen molar-refractivity contribution in [2.24, 2.45) is 46.3 Å². The van der Waals surface area contributed by atoms with Crippen molar-refractivity contribution in [3.05, 3.63) is 77.4 Å². The molecule has 5 heteroatoms. The molecule has 3 fully saturated rings. The molecule has 4 aliphatic rings. The second kappa shape index (κ2) is 25.7. The van der Waals surface area contributed by atoms with E-state index in [9.17, 15) is 9.59 Å². The Bertz CT molecular complexity index is 1790. The fraction of sp³-hybridized carbons (Fsp3) is 0.700. The predicted octanol–water partition coefficient (Wildman–Crippen LogP) is 16.8. The van der Waals surface area contributed by atoms with Gasteiger partial charge in [0.05, 0.1) is 13.2 Å². The molecule has 2 aromatic carbocycles. The third-order valence-electron chi connectivity index (χ3n) is 17.1. The number of esters is 1. The molecule has 360 valence electrons. The van der Waals surface area contributed by atoms with Crippen LogP contribution in [0.2, 0.25) is 0 Å². The van der Waals surface area contributed by atoms with Crippen molar-refractivity contribution in [1.29, 1.82) is 0 Å². The molecule has 0 N–H and O–H groups in total. The number of allylic oxidation sites excluding steroid dienone is 2. The number of ketones is 1. The minimum Gasteiger partial charge on any atom is -0.494 e. The molecule has 0 aliphatic heterocycles. The van der Waals surface area contributed by atoms with Gasteiger partial charge in [0.25, 0.3) is 0 Å². The number of hydrogen-bond donors (Lipinski definition) is 0. The van der Waals surface area contributed by atoms with Crippen LogP contribution in [0.1, 0.15) is 218 Å². The third-order valence-corrected chi connectivity index (χ3v) is 17.1. The Morgan fingerprint density at radius 2 is 1.32 bits per heavy atom. The number of ether oxygens (including phenoxy) is 3. The summed E-state index contributed by atoms with van der Waals surface area (Å²) < 4.78 is 18.1. The van der Waals surface area contributed by atoms with Gasteiger partial charge in [-0.1, -0.05) is 155 Å². The van der Waals surface area contributed by atoms with Crippen molar-refractivity contribution in [1.82, 2.24) is 0 Å². The highest BCUT2D eigenvalue weighted by molar-refractivity contribution is 6.06. The van der Waals surface area contributed by atoms with Crippen LogP contribution >= 0.6 is 0 Å². The van der Waals surface area contributed by atoms with Crippen LogP contribution in [0.15, 0.2) is 66.3 Å². The molecule has 0 saturated heterocycles. The number of carbonyl (C=O) groups excluding carboxylic acids is 2. The largest absolute Gasteiger partial charge is 0.494 e. The van der Waals surface area contributed by atoms with E-state index in [-0.39, 0.29) is 23.3 Å². The maximum atomic E-state index is 13.0. The van der Waals surface area contributed by atoms with Crippen LogP contribution in [0.25, 0.3) is 6.08 Å². The summed E-state index contributed by atoms with van der Waals surface area (Å²) in [5, 5.41) is 0. The van der Waals surface area contributed by atoms with Crippen LogP contribution in [0.3, 0.4) is 0 Å². The molecule has 0 radical (unpaired) electrons. The lowest BCUT2D eigenvalue weighted by Crippen LogP contribution is -2.51. The molecule has 2 aromatic rings. The van der Waals surface area contributed by atoms with Crippen LogP contribution in [-0.2, 0) is 9.53 Å². The van der Waals surface area contributed by atoms with Gasteiger partial charge in [-0.05, 0) is 159 Å². The lowest BCUT2D eigenvalue weighted by molar-refractivity contribution is -0.151. The molecule has 8 atom stereocenters. The number of rotatable bonds is 28. The normalized spacial score (nSPS) is 26.6. The van der Waals surface area contributed by atoms with Gasteiger partial charge in [0, 0.05) is 18.4 Å². The number of unbranched alkanes of at least 4 members (excludes halogenated alkanes) is 11. The van der Waals surface area contributed by atoms with E-state index in [1.54, 1.807) is 11.6 Å². The standard InChI is InChI=1S/C60H90O5/c1-7-8-9-10-11-12-15-18-42-63-50-30-24-47(25-31-50)26-37-57(61)48-27-32-51(33-28-48)64-43-19-16-13-14-17-23-58(62)65-52-38-40-59(5)49(44-52)29-34-53-55-36-35-54(46(4)22-20-21-45(2)3)60(55,6)41-39-56(53)59/h24-33,37,45-46,52-56H,7-23,34-36,38-44H2,1-6H3/b37-26+/t46-,52+,53+,54-,55+,56+,59+,60-/m1/s1. The molecule has 3 saturated carbocycles. The van der Waals surface area contributed by atoms with Crippen molar-refractivity contribution in [3.63, 3.8) is 0 Å². The molecule has 0 aromatic heterocycles. The summed E-state index contributed by atoms with van der Waals surface area (Å²) in [7, 11) is 0. The van der Waals surface area contributed by atoms with Gasteiger partial charge in [0.2, 0.25) is 0 Å². The van der Waals surface area contributed by atoms with E-state index in [0.717, 1.165) is 111 Å². The van der Waals surface area contributed by atoms with Gasteiger partial charge in [-0.25, -0.2) is 0 Å². The summed E-state index contributed by atoms with van der Waals surface area (Å²) in [5.74, 6) is 6.71. The Labute approximate surface area is 396 Å². The van der Waals surface area contributed by atoms with E-state index in [2.05, 4.69) is 47.6 Å². The maximum absolute atomic E-state index is 13.0. The molecule has 6 rings (SSSR count). The zero-order chi connectivity index (χ0) is 46.1. The number of carbonyl (C=O) groups is 2.